The molecule has 0 atom stereocenters. The van der Waals surface area contributed by atoms with Gasteiger partial charge in [0.1, 0.15) is 11.4 Å². The number of methoxy groups -OCH3 is 1. The molecule has 29 heavy (non-hydrogen) atoms. The molecular weight excluding hydrogens is 403 g/mol. The van der Waals surface area contributed by atoms with E-state index >= 15 is 0 Å². The van der Waals surface area contributed by atoms with Crippen molar-refractivity contribution < 1.29 is 22.7 Å². The fourth-order valence-electron chi connectivity index (χ4n) is 2.50. The summed E-state index contributed by atoms with van der Waals surface area (Å²) in [5, 5.41) is 7.71. The maximum Gasteiger partial charge on any atom is 0.416 e. The summed E-state index contributed by atoms with van der Waals surface area (Å²) >= 11 is 1.20. The van der Waals surface area contributed by atoms with Crippen molar-refractivity contribution in [2.24, 2.45) is 0 Å². The molecule has 2 N–H and O–H groups in total. The zero-order valence-electron chi connectivity index (χ0n) is 15.4. The van der Waals surface area contributed by atoms with E-state index in [0.29, 0.717) is 23.8 Å². The van der Waals surface area contributed by atoms with Gasteiger partial charge >= 0.3 is 6.18 Å². The summed E-state index contributed by atoms with van der Waals surface area (Å²) in [4.78, 5) is 16.4. The van der Waals surface area contributed by atoms with Crippen LogP contribution in [0.15, 0.2) is 53.9 Å². The smallest absolute Gasteiger partial charge is 0.416 e. The molecule has 0 saturated carbocycles. The van der Waals surface area contributed by atoms with Crippen LogP contribution in [0.5, 0.6) is 5.75 Å². The number of amides is 1. The Kier molecular flexibility index (Phi) is 6.38. The standard InChI is InChI=1S/C20H18F3N3O2S/c1-28-16-8-2-13(3-9-16)10-11-24-18(27)17-12-29-19(26-17)25-15-6-4-14(5-7-15)20(21,22)23/h2-9,12H,10-11H2,1H3,(H,24,27)(H,25,26). The van der Waals surface area contributed by atoms with E-state index in [1.807, 2.05) is 24.3 Å². The van der Waals surface area contributed by atoms with Gasteiger partial charge in [-0.1, -0.05) is 12.1 Å². The van der Waals surface area contributed by atoms with Gasteiger partial charge < -0.3 is 15.4 Å². The van der Waals surface area contributed by atoms with E-state index in [2.05, 4.69) is 15.6 Å². The molecule has 3 aromatic rings. The molecule has 0 bridgehead atoms. The van der Waals surface area contributed by atoms with Crippen LogP contribution in [0.3, 0.4) is 0 Å². The number of hydrogen-bond acceptors (Lipinski definition) is 5. The summed E-state index contributed by atoms with van der Waals surface area (Å²) in [5.41, 5.74) is 1.05. The summed E-state index contributed by atoms with van der Waals surface area (Å²) in [6, 6.07) is 12.2. The SMILES string of the molecule is COc1ccc(CCNC(=O)c2csc(Nc3ccc(C(F)(F)F)cc3)n2)cc1. The molecule has 1 aromatic heterocycles. The van der Waals surface area contributed by atoms with Crippen LogP contribution in [-0.4, -0.2) is 24.5 Å². The monoisotopic (exact) mass is 421 g/mol. The van der Waals surface area contributed by atoms with Gasteiger partial charge in [-0.15, -0.1) is 11.3 Å². The zero-order chi connectivity index (χ0) is 20.9. The van der Waals surface area contributed by atoms with Crippen LogP contribution in [0.4, 0.5) is 24.0 Å². The molecule has 152 valence electrons. The highest BCUT2D eigenvalue weighted by Crippen LogP contribution is 2.30. The minimum atomic E-state index is -4.38. The third-order valence-electron chi connectivity index (χ3n) is 4.06. The minimum absolute atomic E-state index is 0.249. The molecule has 5 nitrogen and oxygen atoms in total. The van der Waals surface area contributed by atoms with Gasteiger partial charge in [0.05, 0.1) is 12.7 Å². The van der Waals surface area contributed by atoms with Crippen molar-refractivity contribution in [3.05, 3.63) is 70.7 Å². The number of hydrogen-bond donors (Lipinski definition) is 2. The summed E-state index contributed by atoms with van der Waals surface area (Å²) in [7, 11) is 1.60. The Balaban J connectivity index is 1.51. The number of alkyl halides is 3. The molecule has 0 spiro atoms. The van der Waals surface area contributed by atoms with Crippen molar-refractivity contribution in [1.82, 2.24) is 10.3 Å². The van der Waals surface area contributed by atoms with Crippen LogP contribution in [-0.2, 0) is 12.6 Å². The Morgan fingerprint density at radius 3 is 2.41 bits per heavy atom. The zero-order valence-corrected chi connectivity index (χ0v) is 16.2. The second kappa shape index (κ2) is 8.95. The van der Waals surface area contributed by atoms with Crippen LogP contribution in [0.2, 0.25) is 0 Å². The van der Waals surface area contributed by atoms with E-state index in [-0.39, 0.29) is 11.6 Å². The fraction of sp³-hybridized carbons (Fsp3) is 0.200. The lowest BCUT2D eigenvalue weighted by atomic mass is 10.1. The van der Waals surface area contributed by atoms with E-state index < -0.39 is 11.7 Å². The highest BCUT2D eigenvalue weighted by atomic mass is 32.1. The molecule has 0 aliphatic rings. The highest BCUT2D eigenvalue weighted by Gasteiger charge is 2.29. The lowest BCUT2D eigenvalue weighted by Gasteiger charge is -2.08. The Bertz CT molecular complexity index is 954. The molecule has 0 radical (unpaired) electrons. The van der Waals surface area contributed by atoms with Gasteiger partial charge in [-0.05, 0) is 48.4 Å². The Labute approximate surface area is 169 Å². The molecule has 2 aromatic carbocycles. The molecule has 3 rings (SSSR count). The highest BCUT2D eigenvalue weighted by molar-refractivity contribution is 7.14. The number of benzene rings is 2. The average molecular weight is 421 g/mol. The Hall–Kier alpha value is -3.07. The number of ether oxygens (including phenoxy) is 1. The topological polar surface area (TPSA) is 63.2 Å². The van der Waals surface area contributed by atoms with Crippen molar-refractivity contribution in [2.45, 2.75) is 12.6 Å². The predicted octanol–water partition coefficient (Wildman–Crippen LogP) is 4.89. The maximum atomic E-state index is 12.6. The van der Waals surface area contributed by atoms with Crippen LogP contribution < -0.4 is 15.4 Å². The average Bonchev–Trinajstić information content (AvgIpc) is 3.17. The molecule has 0 aliphatic carbocycles. The third-order valence-corrected chi connectivity index (χ3v) is 4.82. The maximum absolute atomic E-state index is 12.6. The number of halogens is 3. The van der Waals surface area contributed by atoms with E-state index in [4.69, 9.17) is 4.74 Å². The number of aromatic nitrogens is 1. The van der Waals surface area contributed by atoms with Gasteiger partial charge in [-0.25, -0.2) is 4.98 Å². The number of nitrogens with one attached hydrogen (secondary N) is 2. The van der Waals surface area contributed by atoms with Crippen LogP contribution in [0.25, 0.3) is 0 Å². The number of carbonyl (C=O) groups excluding carboxylic acids is 1. The minimum Gasteiger partial charge on any atom is -0.497 e. The summed E-state index contributed by atoms with van der Waals surface area (Å²) in [6.45, 7) is 0.449. The van der Waals surface area contributed by atoms with Crippen molar-refractivity contribution in [3.63, 3.8) is 0 Å². The number of carbonyl (C=O) groups is 1. The van der Waals surface area contributed by atoms with Crippen molar-refractivity contribution in [2.75, 3.05) is 19.0 Å². The molecule has 0 aliphatic heterocycles. The molecule has 0 saturated heterocycles. The normalized spacial score (nSPS) is 11.2. The van der Waals surface area contributed by atoms with Crippen LogP contribution >= 0.6 is 11.3 Å². The van der Waals surface area contributed by atoms with Gasteiger partial charge in [0.15, 0.2) is 5.13 Å². The van der Waals surface area contributed by atoms with Crippen molar-refractivity contribution in [1.29, 1.82) is 0 Å². The first kappa shape index (κ1) is 20.7. The molecular formula is C20H18F3N3O2S. The van der Waals surface area contributed by atoms with Crippen molar-refractivity contribution >= 4 is 28.1 Å². The van der Waals surface area contributed by atoms with E-state index in [1.54, 1.807) is 12.5 Å². The number of rotatable bonds is 7. The van der Waals surface area contributed by atoms with Gasteiger partial charge in [0, 0.05) is 17.6 Å². The summed E-state index contributed by atoms with van der Waals surface area (Å²) in [6.07, 6.45) is -3.71. The molecule has 0 unspecified atom stereocenters. The van der Waals surface area contributed by atoms with Crippen molar-refractivity contribution in [3.8, 4) is 5.75 Å². The van der Waals surface area contributed by atoms with Gasteiger partial charge in [0.2, 0.25) is 0 Å². The van der Waals surface area contributed by atoms with E-state index in [0.717, 1.165) is 23.4 Å². The summed E-state index contributed by atoms with van der Waals surface area (Å²) < 4.78 is 42.9. The molecule has 0 fully saturated rings. The Morgan fingerprint density at radius 2 is 1.79 bits per heavy atom. The third kappa shape index (κ3) is 5.71. The summed E-state index contributed by atoms with van der Waals surface area (Å²) in [5.74, 6) is 0.462. The first-order valence-electron chi connectivity index (χ1n) is 8.66. The predicted molar refractivity (Wildman–Crippen MR) is 106 cm³/mol. The van der Waals surface area contributed by atoms with Crippen LogP contribution in [0.1, 0.15) is 21.6 Å². The lowest BCUT2D eigenvalue weighted by molar-refractivity contribution is -0.137. The van der Waals surface area contributed by atoms with Gasteiger partial charge in [-0.3, -0.25) is 4.79 Å². The van der Waals surface area contributed by atoms with E-state index in [1.165, 1.54) is 23.5 Å². The van der Waals surface area contributed by atoms with Gasteiger partial charge in [0.25, 0.3) is 5.91 Å². The first-order chi connectivity index (χ1) is 13.8. The second-order valence-electron chi connectivity index (χ2n) is 6.09. The van der Waals surface area contributed by atoms with E-state index in [9.17, 15) is 18.0 Å². The lowest BCUT2D eigenvalue weighted by Crippen LogP contribution is -2.25. The number of nitrogens with zero attached hydrogens (tertiary/aromatic N) is 1. The van der Waals surface area contributed by atoms with Gasteiger partial charge in [-0.2, -0.15) is 13.2 Å². The largest absolute Gasteiger partial charge is 0.497 e. The first-order valence-corrected chi connectivity index (χ1v) is 9.54. The second-order valence-corrected chi connectivity index (χ2v) is 6.95. The fourth-order valence-corrected chi connectivity index (χ4v) is 3.22. The molecule has 1 heterocycles. The van der Waals surface area contributed by atoms with Crippen LogP contribution in [0, 0.1) is 0 Å². The molecule has 1 amide bonds. The quantitative estimate of drug-likeness (QED) is 0.570. The number of anilines is 2. The Morgan fingerprint density at radius 1 is 1.10 bits per heavy atom. The number of thiazole rings is 1. The molecule has 9 heteroatoms.